The highest BCUT2D eigenvalue weighted by Gasteiger charge is 1.99. The van der Waals surface area contributed by atoms with Crippen LogP contribution in [0.3, 0.4) is 0 Å². The molecular weight excluding hydrogens is 124 g/mol. The lowest BCUT2D eigenvalue weighted by Crippen LogP contribution is -2.22. The molecule has 0 heterocycles. The molecule has 0 radical (unpaired) electrons. The molecule has 0 atom stereocenters. The third-order valence-corrected chi connectivity index (χ3v) is 1.36. The molecule has 64 valence electrons. The molecular formula is C8H22N2. The van der Waals surface area contributed by atoms with Crippen molar-refractivity contribution in [1.82, 2.24) is 0 Å². The van der Waals surface area contributed by atoms with Gasteiger partial charge in [0.15, 0.2) is 0 Å². The van der Waals surface area contributed by atoms with E-state index >= 15 is 0 Å². The van der Waals surface area contributed by atoms with Crippen molar-refractivity contribution in [3.63, 3.8) is 0 Å². The summed E-state index contributed by atoms with van der Waals surface area (Å²) in [5.41, 5.74) is 10.8. The van der Waals surface area contributed by atoms with E-state index in [1.54, 1.807) is 0 Å². The monoisotopic (exact) mass is 146 g/mol. The van der Waals surface area contributed by atoms with E-state index in [4.69, 9.17) is 11.5 Å². The molecule has 0 fully saturated rings. The standard InChI is InChI=1S/C6H16N2.C2H6/c1-2-3-6(4-7)5-8;1-2/h6H,2-5,7-8H2,1H3;1-2H3. The van der Waals surface area contributed by atoms with E-state index in [0.29, 0.717) is 5.92 Å². The first-order chi connectivity index (χ1) is 4.85. The maximum absolute atomic E-state index is 5.39. The van der Waals surface area contributed by atoms with E-state index in [-0.39, 0.29) is 0 Å². The van der Waals surface area contributed by atoms with Crippen LogP contribution in [0.5, 0.6) is 0 Å². The molecule has 0 aliphatic heterocycles. The van der Waals surface area contributed by atoms with Crippen molar-refractivity contribution in [2.75, 3.05) is 13.1 Å². The third-order valence-electron chi connectivity index (χ3n) is 1.36. The third kappa shape index (κ3) is 7.92. The fourth-order valence-corrected chi connectivity index (χ4v) is 0.740. The second-order valence-electron chi connectivity index (χ2n) is 2.13. The van der Waals surface area contributed by atoms with Crippen LogP contribution >= 0.6 is 0 Å². The Labute approximate surface area is 65.0 Å². The zero-order valence-corrected chi connectivity index (χ0v) is 7.56. The van der Waals surface area contributed by atoms with Gasteiger partial charge in [-0.1, -0.05) is 27.2 Å². The van der Waals surface area contributed by atoms with Crippen LogP contribution in [-0.4, -0.2) is 13.1 Å². The van der Waals surface area contributed by atoms with E-state index in [0.717, 1.165) is 13.1 Å². The average Bonchev–Trinajstić information content (AvgIpc) is 2.04. The molecule has 10 heavy (non-hydrogen) atoms. The SMILES string of the molecule is CC.CCCC(CN)CN. The molecule has 4 N–H and O–H groups in total. The molecule has 0 bridgehead atoms. The summed E-state index contributed by atoms with van der Waals surface area (Å²) in [4.78, 5) is 0. The summed E-state index contributed by atoms with van der Waals surface area (Å²) in [5.74, 6) is 0.556. The molecule has 2 nitrogen and oxygen atoms in total. The molecule has 0 amide bonds. The predicted octanol–water partition coefficient (Wildman–Crippen LogP) is 1.35. The lowest BCUT2D eigenvalue weighted by Gasteiger charge is -2.08. The average molecular weight is 146 g/mol. The summed E-state index contributed by atoms with van der Waals surface area (Å²) in [5, 5.41) is 0. The van der Waals surface area contributed by atoms with Crippen molar-refractivity contribution in [3.05, 3.63) is 0 Å². The second-order valence-corrected chi connectivity index (χ2v) is 2.13. The molecule has 0 aliphatic carbocycles. The summed E-state index contributed by atoms with van der Waals surface area (Å²) in [7, 11) is 0. The van der Waals surface area contributed by atoms with Crippen molar-refractivity contribution >= 4 is 0 Å². The first-order valence-electron chi connectivity index (χ1n) is 4.25. The number of hydrogen-bond acceptors (Lipinski definition) is 2. The maximum Gasteiger partial charge on any atom is -0.00368 e. The van der Waals surface area contributed by atoms with E-state index in [9.17, 15) is 0 Å². The molecule has 0 aliphatic rings. The number of nitrogens with two attached hydrogens (primary N) is 2. The summed E-state index contributed by atoms with van der Waals surface area (Å²) in [6, 6.07) is 0. The maximum atomic E-state index is 5.39. The van der Waals surface area contributed by atoms with Crippen molar-refractivity contribution in [2.45, 2.75) is 33.6 Å². The smallest absolute Gasteiger partial charge is 0.00368 e. The first-order valence-corrected chi connectivity index (χ1v) is 4.25. The highest BCUT2D eigenvalue weighted by atomic mass is 14.6. The molecule has 0 aromatic carbocycles. The Kier molecular flexibility index (Phi) is 14.7. The Hall–Kier alpha value is -0.0800. The normalized spacial score (nSPS) is 9.00. The largest absolute Gasteiger partial charge is 0.330 e. The molecule has 0 rings (SSSR count). The van der Waals surface area contributed by atoms with E-state index in [1.807, 2.05) is 13.8 Å². The topological polar surface area (TPSA) is 52.0 Å². The van der Waals surface area contributed by atoms with Gasteiger partial charge < -0.3 is 11.5 Å². The van der Waals surface area contributed by atoms with Gasteiger partial charge in [0.25, 0.3) is 0 Å². The highest BCUT2D eigenvalue weighted by Crippen LogP contribution is 2.00. The van der Waals surface area contributed by atoms with Crippen molar-refractivity contribution in [2.24, 2.45) is 17.4 Å². The van der Waals surface area contributed by atoms with Gasteiger partial charge in [0.05, 0.1) is 0 Å². The Morgan fingerprint density at radius 2 is 1.50 bits per heavy atom. The van der Waals surface area contributed by atoms with Gasteiger partial charge in [0.2, 0.25) is 0 Å². The minimum atomic E-state index is 0.556. The second kappa shape index (κ2) is 11.7. The Morgan fingerprint density at radius 1 is 1.10 bits per heavy atom. The zero-order chi connectivity index (χ0) is 8.41. The quantitative estimate of drug-likeness (QED) is 0.629. The van der Waals surface area contributed by atoms with Crippen LogP contribution in [0.1, 0.15) is 33.6 Å². The van der Waals surface area contributed by atoms with Crippen molar-refractivity contribution in [1.29, 1.82) is 0 Å². The molecule has 0 aromatic rings. The van der Waals surface area contributed by atoms with Gasteiger partial charge in [-0.05, 0) is 25.4 Å². The molecule has 0 saturated carbocycles. The van der Waals surface area contributed by atoms with Crippen LogP contribution in [0.15, 0.2) is 0 Å². The minimum absolute atomic E-state index is 0.556. The van der Waals surface area contributed by atoms with E-state index < -0.39 is 0 Å². The molecule has 0 spiro atoms. The van der Waals surface area contributed by atoms with Crippen LogP contribution in [0, 0.1) is 5.92 Å². The van der Waals surface area contributed by atoms with Crippen molar-refractivity contribution in [3.8, 4) is 0 Å². The summed E-state index contributed by atoms with van der Waals surface area (Å²) < 4.78 is 0. The summed E-state index contributed by atoms with van der Waals surface area (Å²) in [6.45, 7) is 7.63. The van der Waals surface area contributed by atoms with E-state index in [1.165, 1.54) is 12.8 Å². The molecule has 0 aromatic heterocycles. The number of hydrogen-bond donors (Lipinski definition) is 2. The van der Waals surface area contributed by atoms with Crippen molar-refractivity contribution < 1.29 is 0 Å². The van der Waals surface area contributed by atoms with Gasteiger partial charge >= 0.3 is 0 Å². The van der Waals surface area contributed by atoms with E-state index in [2.05, 4.69) is 6.92 Å². The first kappa shape index (κ1) is 12.6. The predicted molar refractivity (Wildman–Crippen MR) is 47.9 cm³/mol. The summed E-state index contributed by atoms with van der Waals surface area (Å²) in [6.07, 6.45) is 2.37. The molecule has 0 saturated heterocycles. The fourth-order valence-electron chi connectivity index (χ4n) is 0.740. The minimum Gasteiger partial charge on any atom is -0.330 e. The lowest BCUT2D eigenvalue weighted by molar-refractivity contribution is 0.501. The van der Waals surface area contributed by atoms with Crippen LogP contribution in [0.4, 0.5) is 0 Å². The fraction of sp³-hybridized carbons (Fsp3) is 1.00. The molecule has 2 heteroatoms. The lowest BCUT2D eigenvalue weighted by atomic mass is 10.1. The van der Waals surface area contributed by atoms with Crippen LogP contribution in [0.2, 0.25) is 0 Å². The van der Waals surface area contributed by atoms with Gasteiger partial charge in [-0.25, -0.2) is 0 Å². The Morgan fingerprint density at radius 3 is 1.60 bits per heavy atom. The van der Waals surface area contributed by atoms with Gasteiger partial charge in [0, 0.05) is 0 Å². The van der Waals surface area contributed by atoms with Gasteiger partial charge in [-0.15, -0.1) is 0 Å². The van der Waals surface area contributed by atoms with Gasteiger partial charge in [-0.2, -0.15) is 0 Å². The number of rotatable bonds is 4. The Bertz CT molecular complexity index is 42.5. The van der Waals surface area contributed by atoms with Crippen LogP contribution < -0.4 is 11.5 Å². The highest BCUT2D eigenvalue weighted by molar-refractivity contribution is 4.58. The van der Waals surface area contributed by atoms with Crippen LogP contribution in [0.25, 0.3) is 0 Å². The summed E-state index contributed by atoms with van der Waals surface area (Å²) >= 11 is 0. The van der Waals surface area contributed by atoms with Crippen LogP contribution in [-0.2, 0) is 0 Å². The molecule has 0 unspecified atom stereocenters. The Balaban J connectivity index is 0. The van der Waals surface area contributed by atoms with Gasteiger partial charge in [-0.3, -0.25) is 0 Å². The van der Waals surface area contributed by atoms with Gasteiger partial charge in [0.1, 0.15) is 0 Å². The zero-order valence-electron chi connectivity index (χ0n) is 7.56.